The Balaban J connectivity index is 0.00000392. The van der Waals surface area contributed by atoms with E-state index in [0.29, 0.717) is 17.4 Å². The van der Waals surface area contributed by atoms with E-state index in [9.17, 15) is 8.42 Å². The minimum Gasteiger partial charge on any atom is -0.361 e. The van der Waals surface area contributed by atoms with Crippen LogP contribution < -0.4 is 10.6 Å². The maximum absolute atomic E-state index is 11.7. The van der Waals surface area contributed by atoms with Gasteiger partial charge in [0.2, 0.25) is 0 Å². The highest BCUT2D eigenvalue weighted by atomic mass is 127. The molecule has 1 aromatic carbocycles. The number of hydrogen-bond acceptors (Lipinski definition) is 5. The fourth-order valence-electron chi connectivity index (χ4n) is 2.97. The first-order valence-corrected chi connectivity index (χ1v) is 10.8. The molecule has 156 valence electrons. The number of benzene rings is 1. The lowest BCUT2D eigenvalue weighted by molar-refractivity contribution is 0.392. The van der Waals surface area contributed by atoms with Crippen LogP contribution in [0.15, 0.2) is 32.6 Å². The predicted molar refractivity (Wildman–Crippen MR) is 122 cm³/mol. The highest BCUT2D eigenvalue weighted by molar-refractivity contribution is 14.0. The summed E-state index contributed by atoms with van der Waals surface area (Å²) in [4.78, 5) is 4.59. The largest absolute Gasteiger partial charge is 0.361 e. The van der Waals surface area contributed by atoms with Crippen molar-refractivity contribution in [3.63, 3.8) is 0 Å². The van der Waals surface area contributed by atoms with Gasteiger partial charge in [-0.25, -0.2) is 8.42 Å². The maximum atomic E-state index is 11.7. The lowest BCUT2D eigenvalue weighted by Crippen LogP contribution is -2.37. The van der Waals surface area contributed by atoms with Crippen LogP contribution in [0.25, 0.3) is 0 Å². The Morgan fingerprint density at radius 1 is 1.21 bits per heavy atom. The van der Waals surface area contributed by atoms with E-state index < -0.39 is 9.84 Å². The monoisotopic (exact) mass is 520 g/mol. The quantitative estimate of drug-likeness (QED) is 0.252. The van der Waals surface area contributed by atoms with E-state index >= 15 is 0 Å². The SMILES string of the molecule is CN=C(NCCCc1c(C)noc1C)NCc1ccc(S(C)(=O)=O)c(C)c1.I. The third kappa shape index (κ3) is 6.77. The Bertz CT molecular complexity index is 904. The first-order valence-electron chi connectivity index (χ1n) is 8.88. The second kappa shape index (κ2) is 10.8. The number of guanidine groups is 1. The molecule has 7 nitrogen and oxygen atoms in total. The van der Waals surface area contributed by atoms with E-state index in [1.54, 1.807) is 13.1 Å². The molecule has 0 saturated carbocycles. The number of halogens is 1. The molecule has 0 radical (unpaired) electrons. The smallest absolute Gasteiger partial charge is 0.191 e. The Kier molecular flexibility index (Phi) is 9.42. The van der Waals surface area contributed by atoms with Crippen LogP contribution in [0.3, 0.4) is 0 Å². The number of rotatable bonds is 7. The van der Waals surface area contributed by atoms with Gasteiger partial charge in [0.15, 0.2) is 15.8 Å². The second-order valence-corrected chi connectivity index (χ2v) is 8.61. The molecule has 1 aromatic heterocycles. The number of sulfone groups is 1. The number of aliphatic imine (C=N–C) groups is 1. The lowest BCUT2D eigenvalue weighted by Gasteiger charge is -2.13. The third-order valence-electron chi connectivity index (χ3n) is 4.40. The van der Waals surface area contributed by atoms with Crippen molar-refractivity contribution in [1.29, 1.82) is 0 Å². The highest BCUT2D eigenvalue weighted by Crippen LogP contribution is 2.16. The van der Waals surface area contributed by atoms with Gasteiger partial charge in [-0.05, 0) is 50.8 Å². The van der Waals surface area contributed by atoms with Crippen LogP contribution in [0, 0.1) is 20.8 Å². The van der Waals surface area contributed by atoms with Crippen molar-refractivity contribution in [2.75, 3.05) is 19.8 Å². The molecule has 2 N–H and O–H groups in total. The molecule has 0 saturated heterocycles. The van der Waals surface area contributed by atoms with Crippen molar-refractivity contribution in [3.8, 4) is 0 Å². The summed E-state index contributed by atoms with van der Waals surface area (Å²) >= 11 is 0. The van der Waals surface area contributed by atoms with Crippen LogP contribution in [-0.2, 0) is 22.8 Å². The normalized spacial score (nSPS) is 11.8. The van der Waals surface area contributed by atoms with Crippen LogP contribution in [0.2, 0.25) is 0 Å². The van der Waals surface area contributed by atoms with E-state index in [-0.39, 0.29) is 24.0 Å². The van der Waals surface area contributed by atoms with Gasteiger partial charge in [-0.1, -0.05) is 17.3 Å². The van der Waals surface area contributed by atoms with Crippen molar-refractivity contribution in [2.45, 2.75) is 45.1 Å². The molecule has 2 aromatic rings. The third-order valence-corrected chi connectivity index (χ3v) is 5.66. The molecule has 2 rings (SSSR count). The van der Waals surface area contributed by atoms with E-state index in [2.05, 4.69) is 20.8 Å². The molecule has 0 amide bonds. The number of nitrogens with one attached hydrogen (secondary N) is 2. The first kappa shape index (κ1) is 24.4. The molecule has 0 aliphatic rings. The van der Waals surface area contributed by atoms with Crippen molar-refractivity contribution < 1.29 is 12.9 Å². The molecule has 1 heterocycles. The topological polar surface area (TPSA) is 96.6 Å². The molecule has 0 aliphatic heterocycles. The minimum atomic E-state index is -3.19. The molecular formula is C19H29IN4O3S. The molecule has 0 atom stereocenters. The number of aryl methyl sites for hydroxylation is 3. The van der Waals surface area contributed by atoms with Crippen LogP contribution in [0.1, 0.15) is 34.6 Å². The molecule has 0 unspecified atom stereocenters. The summed E-state index contributed by atoms with van der Waals surface area (Å²) in [7, 11) is -1.47. The number of nitrogens with zero attached hydrogens (tertiary/aromatic N) is 2. The van der Waals surface area contributed by atoms with Crippen molar-refractivity contribution in [1.82, 2.24) is 15.8 Å². The lowest BCUT2D eigenvalue weighted by atomic mass is 10.1. The van der Waals surface area contributed by atoms with Gasteiger partial charge in [-0.3, -0.25) is 4.99 Å². The fourth-order valence-corrected chi connectivity index (χ4v) is 3.93. The zero-order valence-corrected chi connectivity index (χ0v) is 20.1. The van der Waals surface area contributed by atoms with Gasteiger partial charge in [0, 0.05) is 32.0 Å². The van der Waals surface area contributed by atoms with Gasteiger partial charge in [-0.2, -0.15) is 0 Å². The Labute approximate surface area is 184 Å². The summed E-state index contributed by atoms with van der Waals surface area (Å²) in [5.74, 6) is 1.58. The summed E-state index contributed by atoms with van der Waals surface area (Å²) in [5, 5.41) is 10.5. The van der Waals surface area contributed by atoms with Gasteiger partial charge in [0.05, 0.1) is 10.6 Å². The van der Waals surface area contributed by atoms with Crippen LogP contribution in [0.4, 0.5) is 0 Å². The maximum Gasteiger partial charge on any atom is 0.191 e. The molecular weight excluding hydrogens is 491 g/mol. The molecule has 0 spiro atoms. The Morgan fingerprint density at radius 3 is 2.46 bits per heavy atom. The van der Waals surface area contributed by atoms with Crippen molar-refractivity contribution in [2.24, 2.45) is 4.99 Å². The molecule has 28 heavy (non-hydrogen) atoms. The summed E-state index contributed by atoms with van der Waals surface area (Å²) in [6, 6.07) is 5.36. The molecule has 0 bridgehead atoms. The fraction of sp³-hybridized carbons (Fsp3) is 0.474. The summed E-state index contributed by atoms with van der Waals surface area (Å²) in [6.45, 7) is 7.03. The Morgan fingerprint density at radius 2 is 1.93 bits per heavy atom. The van der Waals surface area contributed by atoms with Crippen molar-refractivity contribution in [3.05, 3.63) is 46.3 Å². The average Bonchev–Trinajstić information content (AvgIpc) is 2.91. The Hall–Kier alpha value is -1.62. The summed E-state index contributed by atoms with van der Waals surface area (Å²) in [6.07, 6.45) is 3.06. The van der Waals surface area contributed by atoms with E-state index in [0.717, 1.165) is 42.0 Å². The number of aromatic nitrogens is 1. The van der Waals surface area contributed by atoms with E-state index in [4.69, 9.17) is 4.52 Å². The van der Waals surface area contributed by atoms with Crippen molar-refractivity contribution >= 4 is 39.8 Å². The van der Waals surface area contributed by atoms with Gasteiger partial charge in [-0.15, -0.1) is 24.0 Å². The minimum absolute atomic E-state index is 0. The molecule has 9 heteroatoms. The van der Waals surface area contributed by atoms with Crippen LogP contribution >= 0.6 is 24.0 Å². The summed E-state index contributed by atoms with van der Waals surface area (Å²) in [5.41, 5.74) is 3.86. The van der Waals surface area contributed by atoms with Gasteiger partial charge >= 0.3 is 0 Å². The zero-order valence-electron chi connectivity index (χ0n) is 17.0. The van der Waals surface area contributed by atoms with Crippen LogP contribution in [0.5, 0.6) is 0 Å². The van der Waals surface area contributed by atoms with E-state index in [1.807, 2.05) is 32.9 Å². The summed E-state index contributed by atoms with van der Waals surface area (Å²) < 4.78 is 28.6. The molecule has 0 fully saturated rings. The average molecular weight is 520 g/mol. The molecule has 0 aliphatic carbocycles. The first-order chi connectivity index (χ1) is 12.7. The highest BCUT2D eigenvalue weighted by Gasteiger charge is 2.11. The number of hydrogen-bond donors (Lipinski definition) is 2. The van der Waals surface area contributed by atoms with Gasteiger partial charge in [0.1, 0.15) is 5.76 Å². The van der Waals surface area contributed by atoms with E-state index in [1.165, 1.54) is 11.8 Å². The standard InChI is InChI=1S/C19H28N4O3S.HI/c1-13-11-16(8-9-18(13)27(5,24)25)12-22-19(20-4)21-10-6-7-17-14(2)23-26-15(17)3;/h8-9,11H,6-7,10,12H2,1-5H3,(H2,20,21,22);1H. The van der Waals surface area contributed by atoms with Crippen LogP contribution in [-0.4, -0.2) is 39.4 Å². The predicted octanol–water partition coefficient (Wildman–Crippen LogP) is 2.92. The zero-order chi connectivity index (χ0) is 20.0. The van der Waals surface area contributed by atoms with Gasteiger partial charge < -0.3 is 15.2 Å². The second-order valence-electron chi connectivity index (χ2n) is 6.63. The van der Waals surface area contributed by atoms with Gasteiger partial charge in [0.25, 0.3) is 0 Å².